The predicted octanol–water partition coefficient (Wildman–Crippen LogP) is 4.72. The molecule has 1 heterocycles. The summed E-state index contributed by atoms with van der Waals surface area (Å²) in [5.74, 6) is 0.197. The molecule has 0 atom stereocenters. The maximum Gasteiger partial charge on any atom is 0.233 e. The maximum absolute atomic E-state index is 12.8. The molecular weight excluding hydrogens is 372 g/mol. The van der Waals surface area contributed by atoms with E-state index in [9.17, 15) is 18.8 Å². The van der Waals surface area contributed by atoms with Gasteiger partial charge in [-0.05, 0) is 46.7 Å². The van der Waals surface area contributed by atoms with Crippen LogP contribution in [-0.2, 0) is 20.7 Å². The number of rotatable bonds is 3. The molecule has 1 N–H and O–H groups in total. The van der Waals surface area contributed by atoms with E-state index in [-0.39, 0.29) is 21.6 Å². The number of hydrogen-bond donors (Lipinski definition) is 1. The number of pyridine rings is 1. The molecule has 0 amide bonds. The lowest BCUT2D eigenvalue weighted by atomic mass is 9.78. The van der Waals surface area contributed by atoms with Gasteiger partial charge in [0.05, 0.1) is 0 Å². The van der Waals surface area contributed by atoms with Crippen LogP contribution in [-0.4, -0.2) is 18.5 Å². The molecule has 6 heteroatoms. The summed E-state index contributed by atoms with van der Waals surface area (Å²) >= 11 is 0. The van der Waals surface area contributed by atoms with Gasteiger partial charge in [0.2, 0.25) is 9.84 Å². The molecule has 2 aromatic rings. The van der Waals surface area contributed by atoms with Crippen LogP contribution in [0.5, 0.6) is 5.75 Å². The summed E-state index contributed by atoms with van der Waals surface area (Å²) < 4.78 is 25.6. The van der Waals surface area contributed by atoms with Crippen molar-refractivity contribution in [1.82, 2.24) is 4.98 Å². The van der Waals surface area contributed by atoms with Gasteiger partial charge in [-0.2, -0.15) is 5.26 Å². The van der Waals surface area contributed by atoms with E-state index in [0.717, 1.165) is 0 Å². The van der Waals surface area contributed by atoms with Gasteiger partial charge in [0.1, 0.15) is 11.8 Å². The van der Waals surface area contributed by atoms with Crippen LogP contribution in [0.2, 0.25) is 0 Å². The van der Waals surface area contributed by atoms with Gasteiger partial charge in [-0.25, -0.2) is 13.4 Å². The fraction of sp³-hybridized carbons (Fsp3) is 0.364. The Kier molecular flexibility index (Phi) is 5.72. The molecule has 0 unspecified atom stereocenters. The van der Waals surface area contributed by atoms with Crippen molar-refractivity contribution < 1.29 is 13.5 Å². The summed E-state index contributed by atoms with van der Waals surface area (Å²) in [5, 5.41) is 20.1. The van der Waals surface area contributed by atoms with E-state index in [4.69, 9.17) is 0 Å². The molecule has 1 aromatic carbocycles. The van der Waals surface area contributed by atoms with Crippen molar-refractivity contribution >= 4 is 15.9 Å². The van der Waals surface area contributed by atoms with E-state index in [1.54, 1.807) is 30.3 Å². The van der Waals surface area contributed by atoms with Crippen LogP contribution in [0.25, 0.3) is 6.08 Å². The molecule has 1 aromatic heterocycles. The third-order valence-electron chi connectivity index (χ3n) is 4.36. The maximum atomic E-state index is 12.8. The molecule has 0 spiro atoms. The number of hydrogen-bond acceptors (Lipinski definition) is 5. The molecule has 28 heavy (non-hydrogen) atoms. The normalized spacial score (nSPS) is 13.2. The summed E-state index contributed by atoms with van der Waals surface area (Å²) in [7, 11) is -4.03. The summed E-state index contributed by atoms with van der Waals surface area (Å²) in [4.78, 5) is 3.48. The zero-order valence-corrected chi connectivity index (χ0v) is 17.9. The zero-order valence-electron chi connectivity index (χ0n) is 17.1. The molecule has 0 aliphatic carbocycles. The number of allylic oxidation sites excluding steroid dienone is 1. The molecule has 2 rings (SSSR count). The Morgan fingerprint density at radius 1 is 1.07 bits per heavy atom. The predicted molar refractivity (Wildman–Crippen MR) is 111 cm³/mol. The van der Waals surface area contributed by atoms with Gasteiger partial charge >= 0.3 is 0 Å². The van der Waals surface area contributed by atoms with E-state index in [0.29, 0.717) is 16.7 Å². The fourth-order valence-corrected chi connectivity index (χ4v) is 3.92. The third-order valence-corrected chi connectivity index (χ3v) is 5.94. The van der Waals surface area contributed by atoms with E-state index >= 15 is 0 Å². The molecule has 0 saturated carbocycles. The van der Waals surface area contributed by atoms with Gasteiger partial charge in [-0.15, -0.1) is 0 Å². The van der Waals surface area contributed by atoms with Crippen molar-refractivity contribution in [3.63, 3.8) is 0 Å². The number of nitrogens with zero attached hydrogens (tertiary/aromatic N) is 2. The highest BCUT2D eigenvalue weighted by atomic mass is 32.2. The van der Waals surface area contributed by atoms with Gasteiger partial charge in [-0.1, -0.05) is 47.6 Å². The van der Waals surface area contributed by atoms with Gasteiger partial charge in [0.15, 0.2) is 9.93 Å². The van der Waals surface area contributed by atoms with Crippen LogP contribution in [0.1, 0.15) is 58.2 Å². The fourth-order valence-electron chi connectivity index (χ4n) is 2.82. The molecule has 0 bridgehead atoms. The van der Waals surface area contributed by atoms with E-state index in [2.05, 4.69) is 4.98 Å². The van der Waals surface area contributed by atoms with Crippen molar-refractivity contribution in [2.45, 2.75) is 57.4 Å². The number of nitriles is 1. The highest BCUT2D eigenvalue weighted by molar-refractivity contribution is 7.95. The Morgan fingerprint density at radius 3 is 2.00 bits per heavy atom. The molecule has 0 aliphatic heterocycles. The quantitative estimate of drug-likeness (QED) is 0.755. The van der Waals surface area contributed by atoms with Gasteiger partial charge in [-0.3, -0.25) is 0 Å². The van der Waals surface area contributed by atoms with E-state index in [1.807, 2.05) is 41.5 Å². The van der Waals surface area contributed by atoms with Crippen LogP contribution < -0.4 is 0 Å². The second-order valence-electron chi connectivity index (χ2n) is 8.76. The summed E-state index contributed by atoms with van der Waals surface area (Å²) in [6.45, 7) is 11.8. The topological polar surface area (TPSA) is 91.0 Å². The van der Waals surface area contributed by atoms with Crippen LogP contribution in [0.4, 0.5) is 0 Å². The SMILES string of the molecule is CC(C)(C)c1cc(/C=C(/C#N)S(=O)(=O)c2ccccn2)cc(C(C)(C)C)c1O. The third kappa shape index (κ3) is 4.42. The number of aromatic hydroxyl groups is 1. The van der Waals surface area contributed by atoms with Crippen LogP contribution in [0.15, 0.2) is 46.5 Å². The molecule has 0 radical (unpaired) electrons. The number of phenolic OH excluding ortho intramolecular Hbond substituents is 1. The Morgan fingerprint density at radius 2 is 1.61 bits per heavy atom. The van der Waals surface area contributed by atoms with Crippen molar-refractivity contribution in [3.8, 4) is 11.8 Å². The lowest BCUT2D eigenvalue weighted by molar-refractivity contribution is 0.423. The first-order chi connectivity index (χ1) is 12.8. The van der Waals surface area contributed by atoms with Gasteiger partial charge < -0.3 is 5.11 Å². The smallest absolute Gasteiger partial charge is 0.233 e. The number of aromatic nitrogens is 1. The Hall–Kier alpha value is -2.65. The minimum absolute atomic E-state index is 0.173. The molecule has 148 valence electrons. The average molecular weight is 399 g/mol. The molecular formula is C22H26N2O3S. The monoisotopic (exact) mass is 398 g/mol. The summed E-state index contributed by atoms with van der Waals surface area (Å²) in [6.07, 6.45) is 2.71. The minimum Gasteiger partial charge on any atom is -0.507 e. The largest absolute Gasteiger partial charge is 0.507 e. The lowest BCUT2D eigenvalue weighted by Gasteiger charge is -2.28. The Labute approximate surface area is 167 Å². The minimum atomic E-state index is -4.03. The standard InChI is InChI=1S/C22H26N2O3S/c1-21(2,3)17-12-15(13-18(20(17)25)22(4,5)6)11-16(14-23)28(26,27)19-9-7-8-10-24-19/h7-13,25H,1-6H3/b16-11-. The highest BCUT2D eigenvalue weighted by Crippen LogP contribution is 2.40. The summed E-state index contributed by atoms with van der Waals surface area (Å²) in [5.41, 5.74) is 1.21. The molecule has 5 nitrogen and oxygen atoms in total. The van der Waals surface area contributed by atoms with Crippen molar-refractivity contribution in [1.29, 1.82) is 5.26 Å². The van der Waals surface area contributed by atoms with Crippen molar-refractivity contribution in [3.05, 3.63) is 58.1 Å². The zero-order chi connectivity index (χ0) is 21.3. The second-order valence-corrected chi connectivity index (χ2v) is 10.6. The van der Waals surface area contributed by atoms with Crippen LogP contribution in [0.3, 0.4) is 0 Å². The number of benzene rings is 1. The van der Waals surface area contributed by atoms with Crippen LogP contribution >= 0.6 is 0 Å². The van der Waals surface area contributed by atoms with Crippen molar-refractivity contribution in [2.24, 2.45) is 0 Å². The number of sulfone groups is 1. The first-order valence-corrected chi connectivity index (χ1v) is 10.4. The highest BCUT2D eigenvalue weighted by Gasteiger charge is 2.27. The Bertz CT molecular complexity index is 1010. The van der Waals surface area contributed by atoms with E-state index < -0.39 is 14.7 Å². The number of phenols is 1. The molecule has 0 aliphatic rings. The van der Waals surface area contributed by atoms with Crippen molar-refractivity contribution in [2.75, 3.05) is 0 Å². The van der Waals surface area contributed by atoms with Gasteiger partial charge in [0.25, 0.3) is 0 Å². The van der Waals surface area contributed by atoms with E-state index in [1.165, 1.54) is 18.3 Å². The lowest BCUT2D eigenvalue weighted by Crippen LogP contribution is -2.17. The first kappa shape index (κ1) is 21.6. The molecule has 0 saturated heterocycles. The average Bonchev–Trinajstić information content (AvgIpc) is 2.59. The second kappa shape index (κ2) is 7.40. The summed E-state index contributed by atoms with van der Waals surface area (Å²) in [6, 6.07) is 9.79. The van der Waals surface area contributed by atoms with Gasteiger partial charge in [0, 0.05) is 17.3 Å². The Balaban J connectivity index is 2.75. The van der Waals surface area contributed by atoms with Crippen LogP contribution in [0, 0.1) is 11.3 Å². The first-order valence-electron chi connectivity index (χ1n) is 8.94. The molecule has 0 fully saturated rings.